The summed E-state index contributed by atoms with van der Waals surface area (Å²) in [6.45, 7) is 3.28. The van der Waals surface area contributed by atoms with E-state index in [4.69, 9.17) is 10.5 Å². The molecule has 1 fully saturated rings. The van der Waals surface area contributed by atoms with E-state index in [1.165, 1.54) is 0 Å². The number of para-hydroxylation sites is 1. The van der Waals surface area contributed by atoms with Gasteiger partial charge in [0.1, 0.15) is 12.1 Å². The highest BCUT2D eigenvalue weighted by Gasteiger charge is 2.18. The molecule has 1 heterocycles. The molecule has 2 rings (SSSR count). The molecule has 1 aromatic carbocycles. The van der Waals surface area contributed by atoms with E-state index in [0.717, 1.165) is 26.2 Å². The number of nitrogens with zero attached hydrogens (tertiary/aromatic N) is 5. The number of carbonyl (C=O) groups excluding carboxylic acids is 1. The predicted molar refractivity (Wildman–Crippen MR) is 85.3 cm³/mol. The second kappa shape index (κ2) is 7.90. The average Bonchev–Trinajstić information content (AvgIpc) is 2.58. The Labute approximate surface area is 134 Å². The second-order valence-electron chi connectivity index (χ2n) is 5.07. The lowest BCUT2D eigenvalue weighted by Gasteiger charge is -2.32. The Balaban J connectivity index is 2.07. The van der Waals surface area contributed by atoms with Crippen LogP contribution in [0.15, 0.2) is 29.4 Å². The lowest BCUT2D eigenvalue weighted by Crippen LogP contribution is -2.52. The molecule has 0 bridgehead atoms. The molecule has 0 unspecified atom stereocenters. The highest BCUT2D eigenvalue weighted by atomic mass is 16.2. The summed E-state index contributed by atoms with van der Waals surface area (Å²) < 4.78 is 0. The van der Waals surface area contributed by atoms with Crippen molar-refractivity contribution in [3.8, 4) is 12.1 Å². The van der Waals surface area contributed by atoms with Gasteiger partial charge < -0.3 is 4.90 Å². The Kier molecular flexibility index (Phi) is 5.64. The highest BCUT2D eigenvalue weighted by molar-refractivity contribution is 6.10. The maximum atomic E-state index is 12.4. The Morgan fingerprint density at radius 1 is 1.17 bits per heavy atom. The number of amides is 1. The first-order valence-electron chi connectivity index (χ1n) is 7.11. The minimum atomic E-state index is -0.306. The molecule has 0 aliphatic carbocycles. The number of nitrogens with one attached hydrogen (secondary N) is 2. The molecule has 0 radical (unpaired) electrons. The number of nitriles is 2. The van der Waals surface area contributed by atoms with Crippen LogP contribution in [-0.4, -0.2) is 54.8 Å². The van der Waals surface area contributed by atoms with Gasteiger partial charge in [-0.1, -0.05) is 12.1 Å². The van der Waals surface area contributed by atoms with Crippen molar-refractivity contribution < 1.29 is 4.79 Å². The number of hydrogen-bond donors (Lipinski definition) is 2. The third kappa shape index (κ3) is 4.51. The number of piperazine rings is 1. The maximum absolute atomic E-state index is 12.4. The van der Waals surface area contributed by atoms with E-state index in [0.29, 0.717) is 11.3 Å². The first kappa shape index (κ1) is 16.4. The van der Waals surface area contributed by atoms with Gasteiger partial charge in [-0.2, -0.15) is 15.6 Å². The van der Waals surface area contributed by atoms with Crippen molar-refractivity contribution in [2.24, 2.45) is 5.10 Å². The first-order chi connectivity index (χ1) is 11.1. The summed E-state index contributed by atoms with van der Waals surface area (Å²) in [4.78, 5) is 14.6. The van der Waals surface area contributed by atoms with Gasteiger partial charge in [0, 0.05) is 26.2 Å². The van der Waals surface area contributed by atoms with Crippen LogP contribution >= 0.6 is 0 Å². The van der Waals surface area contributed by atoms with E-state index in [9.17, 15) is 4.79 Å². The molecule has 8 heteroatoms. The fraction of sp³-hybridized carbons (Fsp3) is 0.333. The number of likely N-dealkylation sites (N-methyl/N-ethyl adjacent to an activating group) is 1. The monoisotopic (exact) mass is 311 g/mol. The average molecular weight is 311 g/mol. The summed E-state index contributed by atoms with van der Waals surface area (Å²) in [6.07, 6.45) is 0. The molecular formula is C15H17N7O. The highest BCUT2D eigenvalue weighted by Crippen LogP contribution is 2.15. The molecule has 0 aromatic heterocycles. The van der Waals surface area contributed by atoms with Crippen LogP contribution in [0.4, 0.5) is 5.69 Å². The van der Waals surface area contributed by atoms with Gasteiger partial charge in [-0.25, -0.2) is 5.01 Å². The van der Waals surface area contributed by atoms with E-state index < -0.39 is 0 Å². The van der Waals surface area contributed by atoms with E-state index in [1.807, 2.05) is 12.1 Å². The molecule has 0 saturated carbocycles. The first-order valence-corrected chi connectivity index (χ1v) is 7.11. The van der Waals surface area contributed by atoms with Gasteiger partial charge in [0.2, 0.25) is 5.71 Å². The Bertz CT molecular complexity index is 662. The van der Waals surface area contributed by atoms with Crippen LogP contribution in [-0.2, 0) is 0 Å². The Morgan fingerprint density at radius 3 is 2.48 bits per heavy atom. The number of benzene rings is 1. The topological polar surface area (TPSA) is 108 Å². The molecular weight excluding hydrogens is 294 g/mol. The predicted octanol–water partition coefficient (Wildman–Crippen LogP) is 0.394. The normalized spacial score (nSPS) is 15.1. The quantitative estimate of drug-likeness (QED) is 0.615. The van der Waals surface area contributed by atoms with Crippen LogP contribution < -0.4 is 10.9 Å². The fourth-order valence-corrected chi connectivity index (χ4v) is 2.09. The van der Waals surface area contributed by atoms with E-state index in [-0.39, 0.29) is 11.6 Å². The van der Waals surface area contributed by atoms with Crippen molar-refractivity contribution in [2.75, 3.05) is 38.7 Å². The van der Waals surface area contributed by atoms with Crippen molar-refractivity contribution in [1.82, 2.24) is 15.3 Å². The van der Waals surface area contributed by atoms with Crippen LogP contribution in [0.3, 0.4) is 0 Å². The SMILES string of the molecule is CN1CCN(NC(=O)c2ccccc2NN=C(C#N)C#N)CC1. The van der Waals surface area contributed by atoms with Crippen LogP contribution in [0, 0.1) is 22.7 Å². The van der Waals surface area contributed by atoms with Crippen LogP contribution in [0.1, 0.15) is 10.4 Å². The van der Waals surface area contributed by atoms with Crippen LogP contribution in [0.25, 0.3) is 0 Å². The van der Waals surface area contributed by atoms with E-state index in [2.05, 4.69) is 20.9 Å². The summed E-state index contributed by atoms with van der Waals surface area (Å²) >= 11 is 0. The van der Waals surface area contributed by atoms with Gasteiger partial charge in [-0.05, 0) is 19.2 Å². The van der Waals surface area contributed by atoms with Crippen molar-refractivity contribution in [2.45, 2.75) is 0 Å². The van der Waals surface area contributed by atoms with Crippen molar-refractivity contribution in [1.29, 1.82) is 10.5 Å². The minimum Gasteiger partial charge on any atom is -0.304 e. The van der Waals surface area contributed by atoms with Gasteiger partial charge >= 0.3 is 0 Å². The number of rotatable bonds is 4. The summed E-state index contributed by atoms with van der Waals surface area (Å²) in [5.74, 6) is -0.261. The van der Waals surface area contributed by atoms with E-state index in [1.54, 1.807) is 36.4 Å². The van der Waals surface area contributed by atoms with Gasteiger partial charge in [-0.3, -0.25) is 15.6 Å². The van der Waals surface area contributed by atoms with Gasteiger partial charge in [0.25, 0.3) is 5.91 Å². The second-order valence-corrected chi connectivity index (χ2v) is 5.07. The molecule has 1 saturated heterocycles. The molecule has 1 aromatic rings. The van der Waals surface area contributed by atoms with Crippen molar-refractivity contribution in [3.63, 3.8) is 0 Å². The van der Waals surface area contributed by atoms with Crippen LogP contribution in [0.5, 0.6) is 0 Å². The third-order valence-electron chi connectivity index (χ3n) is 3.43. The molecule has 118 valence electrons. The zero-order valence-electron chi connectivity index (χ0n) is 12.8. The lowest BCUT2D eigenvalue weighted by molar-refractivity contribution is 0.0663. The van der Waals surface area contributed by atoms with E-state index >= 15 is 0 Å². The molecule has 1 amide bonds. The van der Waals surface area contributed by atoms with Crippen molar-refractivity contribution >= 4 is 17.3 Å². The summed E-state index contributed by atoms with van der Waals surface area (Å²) in [5, 5.41) is 22.9. The molecule has 8 nitrogen and oxygen atoms in total. The molecule has 1 aliphatic heterocycles. The standard InChI is InChI=1S/C15H17N7O/c1-21-6-8-22(9-7-21)20-15(23)13-4-2-3-5-14(13)19-18-12(10-16)11-17/h2-5,19H,6-9H2,1H3,(H,20,23). The number of hydrogen-bond acceptors (Lipinski definition) is 7. The van der Waals surface area contributed by atoms with Crippen molar-refractivity contribution in [3.05, 3.63) is 29.8 Å². The minimum absolute atomic E-state index is 0.261. The number of hydrazone groups is 1. The lowest BCUT2D eigenvalue weighted by atomic mass is 10.2. The zero-order valence-corrected chi connectivity index (χ0v) is 12.8. The van der Waals surface area contributed by atoms with Crippen LogP contribution in [0.2, 0.25) is 0 Å². The Hall–Kier alpha value is -2.94. The summed E-state index contributed by atoms with van der Waals surface area (Å²) in [6, 6.07) is 10.1. The Morgan fingerprint density at radius 2 is 1.83 bits per heavy atom. The number of anilines is 1. The number of carbonyl (C=O) groups is 1. The smallest absolute Gasteiger partial charge is 0.267 e. The van der Waals surface area contributed by atoms with Gasteiger partial charge in [-0.15, -0.1) is 0 Å². The molecule has 1 aliphatic rings. The van der Waals surface area contributed by atoms with Gasteiger partial charge in [0.15, 0.2) is 0 Å². The number of hydrazine groups is 1. The fourth-order valence-electron chi connectivity index (χ4n) is 2.09. The molecule has 0 atom stereocenters. The zero-order chi connectivity index (χ0) is 16.7. The molecule has 23 heavy (non-hydrogen) atoms. The summed E-state index contributed by atoms with van der Waals surface area (Å²) in [5.41, 5.74) is 5.98. The summed E-state index contributed by atoms with van der Waals surface area (Å²) in [7, 11) is 2.04. The molecule has 2 N–H and O–H groups in total. The molecule has 0 spiro atoms. The third-order valence-corrected chi connectivity index (χ3v) is 3.43. The largest absolute Gasteiger partial charge is 0.304 e. The van der Waals surface area contributed by atoms with Gasteiger partial charge in [0.05, 0.1) is 11.3 Å². The maximum Gasteiger partial charge on any atom is 0.267 e.